The van der Waals surface area contributed by atoms with Gasteiger partial charge in [0.05, 0.1) is 17.7 Å². The van der Waals surface area contributed by atoms with Crippen LogP contribution in [0.5, 0.6) is 5.75 Å². The Labute approximate surface area is 127 Å². The maximum Gasteiger partial charge on any atom is 0.248 e. The summed E-state index contributed by atoms with van der Waals surface area (Å²) in [5.74, 6) is -0.0252. The molecule has 2 aromatic rings. The molecule has 118 valence electrons. The molecule has 1 saturated carbocycles. The van der Waals surface area contributed by atoms with Crippen molar-refractivity contribution in [2.45, 2.75) is 37.5 Å². The molecule has 22 heavy (non-hydrogen) atoms. The molecule has 1 aromatic heterocycles. The Kier molecular flexibility index (Phi) is 4.15. The fourth-order valence-corrected chi connectivity index (χ4v) is 3.10. The number of rotatable bonds is 4. The number of H-pyrrole nitrogens is 1. The van der Waals surface area contributed by atoms with E-state index in [1.165, 1.54) is 12.1 Å². The van der Waals surface area contributed by atoms with E-state index < -0.39 is 6.10 Å². The third kappa shape index (κ3) is 2.85. The molecule has 0 aliphatic heterocycles. The first-order valence-corrected chi connectivity index (χ1v) is 7.50. The predicted octanol–water partition coefficient (Wildman–Crippen LogP) is 0.770. The lowest BCUT2D eigenvalue weighted by Crippen LogP contribution is -2.38. The van der Waals surface area contributed by atoms with E-state index in [0.29, 0.717) is 23.0 Å². The number of pyridine rings is 1. The van der Waals surface area contributed by atoms with Crippen LogP contribution in [0.3, 0.4) is 0 Å². The Morgan fingerprint density at radius 1 is 1.27 bits per heavy atom. The molecule has 1 aliphatic carbocycles. The fourth-order valence-electron chi connectivity index (χ4n) is 3.10. The monoisotopic (exact) mass is 304 g/mol. The van der Waals surface area contributed by atoms with Crippen molar-refractivity contribution in [3.63, 3.8) is 0 Å². The van der Waals surface area contributed by atoms with Gasteiger partial charge in [0.25, 0.3) is 0 Å². The zero-order chi connectivity index (χ0) is 15.7. The number of phenols is 1. The van der Waals surface area contributed by atoms with Crippen molar-refractivity contribution in [3.8, 4) is 5.75 Å². The van der Waals surface area contributed by atoms with E-state index in [9.17, 15) is 20.1 Å². The zero-order valence-electron chi connectivity index (χ0n) is 12.1. The van der Waals surface area contributed by atoms with Gasteiger partial charge in [-0.05, 0) is 37.0 Å². The highest BCUT2D eigenvalue weighted by molar-refractivity contribution is 5.87. The molecular formula is C16H20N2O4. The van der Waals surface area contributed by atoms with E-state index >= 15 is 0 Å². The van der Waals surface area contributed by atoms with E-state index in [0.717, 1.165) is 19.3 Å². The standard InChI is InChI=1S/C16H20N2O4/c19-12-3-1-2-11(12)17-8-14(21)9-4-6-13(20)16-10(9)5-7-15(22)18-16/h4-7,11-12,14,17,19-21H,1-3,8H2,(H,18,22)/t11-,12-,14-/m0/s1. The molecule has 1 heterocycles. The first-order chi connectivity index (χ1) is 10.6. The number of aliphatic hydroxyl groups excluding tert-OH is 2. The van der Waals surface area contributed by atoms with Crippen LogP contribution in [-0.4, -0.2) is 39.0 Å². The van der Waals surface area contributed by atoms with Crippen LogP contribution in [0.4, 0.5) is 0 Å². The Morgan fingerprint density at radius 2 is 2.09 bits per heavy atom. The molecule has 0 saturated heterocycles. The topological polar surface area (TPSA) is 106 Å². The summed E-state index contributed by atoms with van der Waals surface area (Å²) >= 11 is 0. The van der Waals surface area contributed by atoms with E-state index in [4.69, 9.17) is 0 Å². The molecule has 0 radical (unpaired) electrons. The average Bonchev–Trinajstić information content (AvgIpc) is 2.91. The number of nitrogens with one attached hydrogen (secondary N) is 2. The second kappa shape index (κ2) is 6.08. The summed E-state index contributed by atoms with van der Waals surface area (Å²) in [4.78, 5) is 14.0. The van der Waals surface area contributed by atoms with Crippen molar-refractivity contribution in [3.05, 3.63) is 40.2 Å². The van der Waals surface area contributed by atoms with Crippen molar-refractivity contribution in [2.75, 3.05) is 6.54 Å². The highest BCUT2D eigenvalue weighted by Gasteiger charge is 2.25. The van der Waals surface area contributed by atoms with Gasteiger partial charge >= 0.3 is 0 Å². The molecule has 1 fully saturated rings. The van der Waals surface area contributed by atoms with Crippen LogP contribution in [-0.2, 0) is 0 Å². The van der Waals surface area contributed by atoms with Gasteiger partial charge in [0.15, 0.2) is 0 Å². The average molecular weight is 304 g/mol. The van der Waals surface area contributed by atoms with Crippen molar-refractivity contribution in [2.24, 2.45) is 0 Å². The van der Waals surface area contributed by atoms with Gasteiger partial charge in [0.1, 0.15) is 5.75 Å². The lowest BCUT2D eigenvalue weighted by molar-refractivity contribution is 0.127. The fraction of sp³-hybridized carbons (Fsp3) is 0.438. The van der Waals surface area contributed by atoms with Crippen LogP contribution in [0.2, 0.25) is 0 Å². The molecule has 3 atom stereocenters. The van der Waals surface area contributed by atoms with E-state index in [1.807, 2.05) is 0 Å². The lowest BCUT2D eigenvalue weighted by Gasteiger charge is -2.20. The van der Waals surface area contributed by atoms with Gasteiger partial charge in [0.2, 0.25) is 5.56 Å². The van der Waals surface area contributed by atoms with Crippen LogP contribution in [0.1, 0.15) is 30.9 Å². The molecule has 0 amide bonds. The SMILES string of the molecule is O=c1ccc2c([C@@H](O)CN[C@H]3CCC[C@@H]3O)ccc(O)c2[nH]1. The number of phenolic OH excluding ortho intramolecular Hbond substituents is 1. The number of benzene rings is 1. The van der Waals surface area contributed by atoms with Gasteiger partial charge in [-0.1, -0.05) is 6.07 Å². The Bertz CT molecular complexity index is 728. The summed E-state index contributed by atoms with van der Waals surface area (Å²) in [5, 5.41) is 33.8. The number of aromatic hydroxyl groups is 1. The molecule has 3 rings (SSSR count). The number of aliphatic hydroxyl groups is 2. The molecule has 0 bridgehead atoms. The Morgan fingerprint density at radius 3 is 2.82 bits per heavy atom. The number of hydrogen-bond donors (Lipinski definition) is 5. The first-order valence-electron chi connectivity index (χ1n) is 7.50. The molecule has 1 aromatic carbocycles. The summed E-state index contributed by atoms with van der Waals surface area (Å²) in [5.41, 5.74) is 0.649. The van der Waals surface area contributed by atoms with Crippen molar-refractivity contribution in [1.29, 1.82) is 0 Å². The zero-order valence-corrected chi connectivity index (χ0v) is 12.1. The van der Waals surface area contributed by atoms with Gasteiger partial charge in [-0.3, -0.25) is 4.79 Å². The third-order valence-corrected chi connectivity index (χ3v) is 4.32. The van der Waals surface area contributed by atoms with Crippen LogP contribution < -0.4 is 10.9 Å². The van der Waals surface area contributed by atoms with Gasteiger partial charge in [-0.25, -0.2) is 0 Å². The highest BCUT2D eigenvalue weighted by Crippen LogP contribution is 2.29. The van der Waals surface area contributed by atoms with Crippen LogP contribution in [0.25, 0.3) is 10.9 Å². The minimum Gasteiger partial charge on any atom is -0.506 e. The summed E-state index contributed by atoms with van der Waals surface area (Å²) in [6.07, 6.45) is 1.52. The number of aromatic amines is 1. The number of hydrogen-bond acceptors (Lipinski definition) is 5. The number of aromatic nitrogens is 1. The van der Waals surface area contributed by atoms with Crippen LogP contribution >= 0.6 is 0 Å². The molecule has 0 unspecified atom stereocenters. The Hall–Kier alpha value is -1.89. The van der Waals surface area contributed by atoms with E-state index in [1.54, 1.807) is 12.1 Å². The molecule has 6 nitrogen and oxygen atoms in total. The number of fused-ring (bicyclic) bond motifs is 1. The molecule has 5 N–H and O–H groups in total. The Balaban J connectivity index is 1.83. The minimum atomic E-state index is -0.790. The van der Waals surface area contributed by atoms with Gasteiger partial charge in [0, 0.05) is 24.0 Å². The first kappa shape index (κ1) is 15.0. The van der Waals surface area contributed by atoms with Crippen molar-refractivity contribution >= 4 is 10.9 Å². The summed E-state index contributed by atoms with van der Waals surface area (Å²) in [7, 11) is 0. The van der Waals surface area contributed by atoms with Gasteiger partial charge < -0.3 is 25.6 Å². The minimum absolute atomic E-state index is 0.0119. The van der Waals surface area contributed by atoms with E-state index in [2.05, 4.69) is 10.3 Å². The molecule has 6 heteroatoms. The molecule has 0 spiro atoms. The van der Waals surface area contributed by atoms with Gasteiger partial charge in [-0.15, -0.1) is 0 Å². The van der Waals surface area contributed by atoms with E-state index in [-0.39, 0.29) is 23.5 Å². The largest absolute Gasteiger partial charge is 0.506 e. The van der Waals surface area contributed by atoms with Gasteiger partial charge in [-0.2, -0.15) is 0 Å². The molecule has 1 aliphatic rings. The highest BCUT2D eigenvalue weighted by atomic mass is 16.3. The third-order valence-electron chi connectivity index (χ3n) is 4.32. The summed E-state index contributed by atoms with van der Waals surface area (Å²) in [6, 6.07) is 6.08. The predicted molar refractivity (Wildman–Crippen MR) is 82.8 cm³/mol. The lowest BCUT2D eigenvalue weighted by atomic mass is 10.0. The summed E-state index contributed by atoms with van der Waals surface area (Å²) < 4.78 is 0. The second-order valence-corrected chi connectivity index (χ2v) is 5.81. The van der Waals surface area contributed by atoms with Crippen LogP contribution in [0.15, 0.2) is 29.1 Å². The van der Waals surface area contributed by atoms with Crippen molar-refractivity contribution in [1.82, 2.24) is 10.3 Å². The smallest absolute Gasteiger partial charge is 0.248 e. The molecular weight excluding hydrogens is 284 g/mol. The normalized spacial score (nSPS) is 23.0. The maximum atomic E-state index is 11.4. The maximum absolute atomic E-state index is 11.4. The quantitative estimate of drug-likeness (QED) is 0.574. The van der Waals surface area contributed by atoms with Crippen LogP contribution in [0, 0.1) is 0 Å². The van der Waals surface area contributed by atoms with Crippen molar-refractivity contribution < 1.29 is 15.3 Å². The second-order valence-electron chi connectivity index (χ2n) is 5.81. The summed E-state index contributed by atoms with van der Waals surface area (Å²) in [6.45, 7) is 0.306.